The molecule has 180 valence electrons. The van der Waals surface area contributed by atoms with Crippen molar-refractivity contribution in [3.63, 3.8) is 0 Å². The Hall–Kier alpha value is -4.81. The summed E-state index contributed by atoms with van der Waals surface area (Å²) in [6.45, 7) is -0.854. The van der Waals surface area contributed by atoms with Crippen LogP contribution < -0.4 is 32.3 Å². The normalized spacial score (nSPS) is 9.65. The van der Waals surface area contributed by atoms with E-state index in [4.69, 9.17) is 9.47 Å². The quantitative estimate of drug-likeness (QED) is 0.297. The van der Waals surface area contributed by atoms with Crippen LogP contribution in [0.5, 0.6) is 0 Å². The number of urea groups is 1. The number of benzene rings is 2. The Morgan fingerprint density at radius 3 is 1.32 bits per heavy atom. The third kappa shape index (κ3) is 11.0. The number of alkyl carbamates (subject to hydrolysis) is 2. The highest BCUT2D eigenvalue weighted by Gasteiger charge is 2.10. The molecular weight excluding hydrogens is 448 g/mol. The number of ether oxygens (including phenoxy) is 2. The van der Waals surface area contributed by atoms with Gasteiger partial charge in [-0.15, -0.1) is 0 Å². The Labute approximate surface area is 194 Å². The number of rotatable bonds is 8. The first kappa shape index (κ1) is 25.5. The lowest BCUT2D eigenvalue weighted by Gasteiger charge is -2.11. The van der Waals surface area contributed by atoms with Crippen LogP contribution in [0.1, 0.15) is 11.1 Å². The van der Waals surface area contributed by atoms with Gasteiger partial charge in [-0.3, -0.25) is 20.4 Å². The third-order valence-corrected chi connectivity index (χ3v) is 3.84. The lowest BCUT2D eigenvalue weighted by molar-refractivity contribution is -0.121. The summed E-state index contributed by atoms with van der Waals surface area (Å²) in [4.78, 5) is 58.0. The van der Waals surface area contributed by atoms with Crippen molar-refractivity contribution in [1.82, 2.24) is 32.3 Å². The molecule has 34 heavy (non-hydrogen) atoms. The molecule has 0 aromatic heterocycles. The zero-order valence-electron chi connectivity index (χ0n) is 18.0. The van der Waals surface area contributed by atoms with Gasteiger partial charge in [0.15, 0.2) is 0 Å². The van der Waals surface area contributed by atoms with Crippen LogP contribution in [0.4, 0.5) is 14.4 Å². The molecule has 13 heteroatoms. The Morgan fingerprint density at radius 1 is 0.559 bits per heavy atom. The molecule has 2 aromatic carbocycles. The van der Waals surface area contributed by atoms with E-state index in [1.807, 2.05) is 33.8 Å². The minimum absolute atomic E-state index is 0.0360. The smallest absolute Gasteiger partial charge is 0.407 e. The zero-order valence-corrected chi connectivity index (χ0v) is 18.0. The maximum Gasteiger partial charge on any atom is 0.407 e. The highest BCUT2D eigenvalue weighted by molar-refractivity contribution is 5.86. The Kier molecular flexibility index (Phi) is 10.7. The van der Waals surface area contributed by atoms with E-state index in [0.717, 1.165) is 11.1 Å². The van der Waals surface area contributed by atoms with Gasteiger partial charge in [-0.2, -0.15) is 0 Å². The van der Waals surface area contributed by atoms with E-state index < -0.39 is 43.1 Å². The molecule has 0 aliphatic rings. The van der Waals surface area contributed by atoms with E-state index in [1.54, 1.807) is 48.5 Å². The van der Waals surface area contributed by atoms with Crippen LogP contribution in [0.2, 0.25) is 0 Å². The van der Waals surface area contributed by atoms with Crippen molar-refractivity contribution in [2.45, 2.75) is 13.2 Å². The molecule has 0 atom stereocenters. The molecule has 0 bridgehead atoms. The van der Waals surface area contributed by atoms with E-state index in [2.05, 4.69) is 10.6 Å². The molecule has 0 spiro atoms. The van der Waals surface area contributed by atoms with Gasteiger partial charge in [0.1, 0.15) is 26.3 Å². The SMILES string of the molecule is O=C(CNC(=O)OCc1ccccc1)NNC(=O)NNC(=O)CNC(=O)OCc1ccccc1. The third-order valence-electron chi connectivity index (χ3n) is 3.84. The standard InChI is InChI=1S/C21H24N6O7/c28-17(11-22-20(31)33-13-15-7-3-1-4-8-15)24-26-19(30)27-25-18(29)12-23-21(32)34-14-16-9-5-2-6-10-16/h1-10H,11-14H2,(H,22,31)(H,23,32)(H,24,28)(H,25,29)(H2,26,27,30). The van der Waals surface area contributed by atoms with Crippen LogP contribution in [0.15, 0.2) is 60.7 Å². The van der Waals surface area contributed by atoms with E-state index in [9.17, 15) is 24.0 Å². The van der Waals surface area contributed by atoms with Crippen LogP contribution >= 0.6 is 0 Å². The van der Waals surface area contributed by atoms with Crippen LogP contribution in [0, 0.1) is 0 Å². The summed E-state index contributed by atoms with van der Waals surface area (Å²) in [5, 5.41) is 4.42. The molecule has 0 fully saturated rings. The molecule has 0 aliphatic heterocycles. The predicted octanol–water partition coefficient (Wildman–Crippen LogP) is 0.201. The number of nitrogens with one attached hydrogen (secondary N) is 6. The second-order valence-electron chi connectivity index (χ2n) is 6.51. The van der Waals surface area contributed by atoms with Crippen molar-refractivity contribution in [1.29, 1.82) is 0 Å². The number of hydrogen-bond donors (Lipinski definition) is 6. The van der Waals surface area contributed by atoms with E-state index in [1.165, 1.54) is 0 Å². The maximum atomic E-state index is 11.6. The molecular formula is C21H24N6O7. The topological polar surface area (TPSA) is 176 Å². The van der Waals surface area contributed by atoms with Gasteiger partial charge in [-0.1, -0.05) is 60.7 Å². The van der Waals surface area contributed by atoms with Gasteiger partial charge in [0.25, 0.3) is 11.8 Å². The zero-order chi connectivity index (χ0) is 24.6. The summed E-state index contributed by atoms with van der Waals surface area (Å²) in [5.41, 5.74) is 9.48. The fourth-order valence-electron chi connectivity index (χ4n) is 2.23. The van der Waals surface area contributed by atoms with E-state index in [0.29, 0.717) is 0 Å². The number of amides is 6. The molecule has 0 saturated heterocycles. The Bertz CT molecular complexity index is 895. The van der Waals surface area contributed by atoms with Gasteiger partial charge in [-0.25, -0.2) is 25.2 Å². The molecule has 0 saturated carbocycles. The Morgan fingerprint density at radius 2 is 0.941 bits per heavy atom. The highest BCUT2D eigenvalue weighted by Crippen LogP contribution is 2.01. The summed E-state index contributed by atoms with van der Waals surface area (Å²) in [6, 6.07) is 16.9. The maximum absolute atomic E-state index is 11.6. The largest absolute Gasteiger partial charge is 0.445 e. The second kappa shape index (κ2) is 14.3. The lowest BCUT2D eigenvalue weighted by atomic mass is 10.2. The molecule has 0 aliphatic carbocycles. The number of carbonyl (C=O) groups excluding carboxylic acids is 5. The summed E-state index contributed by atoms with van der Waals surface area (Å²) >= 11 is 0. The van der Waals surface area contributed by atoms with Gasteiger partial charge in [-0.05, 0) is 11.1 Å². The van der Waals surface area contributed by atoms with Gasteiger partial charge < -0.3 is 20.1 Å². The number of hydrazine groups is 2. The number of hydrogen-bond acceptors (Lipinski definition) is 7. The van der Waals surface area contributed by atoms with Gasteiger partial charge in [0, 0.05) is 0 Å². The first-order valence-electron chi connectivity index (χ1n) is 9.95. The van der Waals surface area contributed by atoms with Gasteiger partial charge >= 0.3 is 18.2 Å². The van der Waals surface area contributed by atoms with Crippen LogP contribution in [-0.4, -0.2) is 43.1 Å². The minimum Gasteiger partial charge on any atom is -0.445 e. The Balaban J connectivity index is 1.50. The van der Waals surface area contributed by atoms with Crippen molar-refractivity contribution < 1.29 is 33.4 Å². The molecule has 0 unspecified atom stereocenters. The van der Waals surface area contributed by atoms with Crippen LogP contribution in [-0.2, 0) is 32.3 Å². The number of carbonyl (C=O) groups is 5. The molecule has 2 aromatic rings. The molecule has 6 amide bonds. The van der Waals surface area contributed by atoms with Crippen molar-refractivity contribution >= 4 is 30.0 Å². The van der Waals surface area contributed by atoms with E-state index in [-0.39, 0.29) is 13.2 Å². The fourth-order valence-corrected chi connectivity index (χ4v) is 2.23. The predicted molar refractivity (Wildman–Crippen MR) is 117 cm³/mol. The fraction of sp³-hybridized carbons (Fsp3) is 0.190. The monoisotopic (exact) mass is 472 g/mol. The minimum atomic E-state index is -0.972. The lowest BCUT2D eigenvalue weighted by Crippen LogP contribution is -2.55. The van der Waals surface area contributed by atoms with Crippen LogP contribution in [0.3, 0.4) is 0 Å². The van der Waals surface area contributed by atoms with E-state index >= 15 is 0 Å². The first-order chi connectivity index (χ1) is 16.4. The molecule has 0 radical (unpaired) electrons. The molecule has 0 heterocycles. The molecule has 13 nitrogen and oxygen atoms in total. The molecule has 2 rings (SSSR count). The molecule has 6 N–H and O–H groups in total. The summed E-state index contributed by atoms with van der Waals surface area (Å²) < 4.78 is 9.86. The van der Waals surface area contributed by atoms with Gasteiger partial charge in [0.05, 0.1) is 0 Å². The van der Waals surface area contributed by atoms with Crippen molar-refractivity contribution in [3.8, 4) is 0 Å². The average Bonchev–Trinajstić information content (AvgIpc) is 2.87. The first-order valence-corrected chi connectivity index (χ1v) is 9.95. The van der Waals surface area contributed by atoms with Crippen LogP contribution in [0.25, 0.3) is 0 Å². The van der Waals surface area contributed by atoms with Crippen molar-refractivity contribution in [2.75, 3.05) is 13.1 Å². The summed E-state index contributed by atoms with van der Waals surface area (Å²) in [6.07, 6.45) is -1.63. The van der Waals surface area contributed by atoms with Gasteiger partial charge in [0.2, 0.25) is 0 Å². The van der Waals surface area contributed by atoms with Crippen molar-refractivity contribution in [2.24, 2.45) is 0 Å². The summed E-state index contributed by atoms with van der Waals surface area (Å²) in [5.74, 6) is -1.50. The van der Waals surface area contributed by atoms with Crippen molar-refractivity contribution in [3.05, 3.63) is 71.8 Å². The summed E-state index contributed by atoms with van der Waals surface area (Å²) in [7, 11) is 0. The average molecular weight is 472 g/mol. The second-order valence-corrected chi connectivity index (χ2v) is 6.51. The highest BCUT2D eigenvalue weighted by atomic mass is 16.6.